The molecule has 0 amide bonds. The van der Waals surface area contributed by atoms with E-state index in [1.807, 2.05) is 23.9 Å². The van der Waals surface area contributed by atoms with Crippen LogP contribution in [0.5, 0.6) is 0 Å². The number of thioether (sulfide) groups is 1. The van der Waals surface area contributed by atoms with Crippen LogP contribution in [0.25, 0.3) is 0 Å². The molecule has 1 aromatic rings. The van der Waals surface area contributed by atoms with Crippen molar-refractivity contribution in [3.8, 4) is 0 Å². The zero-order chi connectivity index (χ0) is 11.7. The Morgan fingerprint density at radius 2 is 2.06 bits per heavy atom. The quantitative estimate of drug-likeness (QED) is 0.761. The molecule has 3 rings (SSSR count). The first-order valence-corrected chi connectivity index (χ1v) is 7.02. The molecule has 2 heterocycles. The molecule has 2 nitrogen and oxygen atoms in total. The monoisotopic (exact) mass is 250 g/mol. The molecule has 1 saturated heterocycles. The maximum absolute atomic E-state index is 12.9. The molecular formula is C13H15FN2S. The maximum Gasteiger partial charge on any atom is 0.159 e. The number of benzene rings is 1. The summed E-state index contributed by atoms with van der Waals surface area (Å²) in [5.41, 5.74) is 1.17. The summed E-state index contributed by atoms with van der Waals surface area (Å²) >= 11 is 1.86. The van der Waals surface area contributed by atoms with Gasteiger partial charge in [-0.15, -0.1) is 0 Å². The number of rotatable bonds is 1. The summed E-state index contributed by atoms with van der Waals surface area (Å²) in [6, 6.07) is 7.16. The van der Waals surface area contributed by atoms with E-state index in [1.165, 1.54) is 41.5 Å². The Balaban J connectivity index is 1.83. The fourth-order valence-corrected chi connectivity index (χ4v) is 3.47. The Bertz CT molecular complexity index is 430. The molecule has 17 heavy (non-hydrogen) atoms. The standard InChI is InChI=1S/C13H15FN2S/c14-11-5-3-10(4-6-11)12-9-15-13-16(12)7-1-2-8-17-13/h3-6,12H,1-2,7-9H2. The zero-order valence-electron chi connectivity index (χ0n) is 9.60. The summed E-state index contributed by atoms with van der Waals surface area (Å²) in [6.45, 7) is 1.89. The Labute approximate surface area is 105 Å². The molecule has 0 radical (unpaired) electrons. The lowest BCUT2D eigenvalue weighted by atomic mass is 10.1. The predicted molar refractivity (Wildman–Crippen MR) is 69.8 cm³/mol. The first-order chi connectivity index (χ1) is 8.34. The molecule has 1 aromatic carbocycles. The number of nitrogens with zero attached hydrogens (tertiary/aromatic N) is 2. The molecular weight excluding hydrogens is 235 g/mol. The van der Waals surface area contributed by atoms with Crippen LogP contribution in [0.1, 0.15) is 24.4 Å². The Hall–Kier alpha value is -1.03. The molecule has 0 N–H and O–H groups in total. The van der Waals surface area contributed by atoms with Gasteiger partial charge in [0.15, 0.2) is 5.17 Å². The normalized spacial score (nSPS) is 24.2. The second-order valence-corrected chi connectivity index (χ2v) is 5.50. The molecule has 1 atom stereocenters. The number of hydrogen-bond donors (Lipinski definition) is 0. The molecule has 2 aliphatic rings. The van der Waals surface area contributed by atoms with Crippen molar-refractivity contribution >= 4 is 16.9 Å². The molecule has 90 valence electrons. The molecule has 4 heteroatoms. The van der Waals surface area contributed by atoms with Crippen molar-refractivity contribution in [1.82, 2.24) is 4.90 Å². The smallest absolute Gasteiger partial charge is 0.159 e. The average molecular weight is 250 g/mol. The number of halogens is 1. The molecule has 0 aliphatic carbocycles. The molecule has 0 spiro atoms. The van der Waals surface area contributed by atoms with Crippen molar-refractivity contribution in [2.45, 2.75) is 18.9 Å². The van der Waals surface area contributed by atoms with Gasteiger partial charge in [0.2, 0.25) is 0 Å². The topological polar surface area (TPSA) is 15.6 Å². The summed E-state index contributed by atoms with van der Waals surface area (Å²) in [6.07, 6.45) is 2.49. The van der Waals surface area contributed by atoms with Crippen molar-refractivity contribution in [3.05, 3.63) is 35.6 Å². The van der Waals surface area contributed by atoms with Crippen LogP contribution in [0.4, 0.5) is 4.39 Å². The minimum absolute atomic E-state index is 0.168. The van der Waals surface area contributed by atoms with E-state index in [2.05, 4.69) is 9.89 Å². The molecule has 1 unspecified atom stereocenters. The van der Waals surface area contributed by atoms with E-state index < -0.39 is 0 Å². The highest BCUT2D eigenvalue weighted by molar-refractivity contribution is 8.13. The number of fused-ring (bicyclic) bond motifs is 1. The highest BCUT2D eigenvalue weighted by atomic mass is 32.2. The van der Waals surface area contributed by atoms with Gasteiger partial charge in [-0.3, -0.25) is 4.99 Å². The number of aliphatic imine (C=N–C) groups is 1. The van der Waals surface area contributed by atoms with E-state index in [-0.39, 0.29) is 5.82 Å². The van der Waals surface area contributed by atoms with E-state index in [1.54, 1.807) is 0 Å². The van der Waals surface area contributed by atoms with Crippen LogP contribution >= 0.6 is 11.8 Å². The Kier molecular flexibility index (Phi) is 3.05. The minimum atomic E-state index is -0.168. The zero-order valence-corrected chi connectivity index (χ0v) is 10.4. The summed E-state index contributed by atoms with van der Waals surface area (Å²) in [5.74, 6) is 1.00. The second kappa shape index (κ2) is 4.69. The van der Waals surface area contributed by atoms with E-state index in [0.717, 1.165) is 13.1 Å². The van der Waals surface area contributed by atoms with Crippen LogP contribution in [0.2, 0.25) is 0 Å². The third kappa shape index (κ3) is 2.18. The SMILES string of the molecule is Fc1ccc(C2CN=C3SCCCCN32)cc1. The predicted octanol–water partition coefficient (Wildman–Crippen LogP) is 3.07. The van der Waals surface area contributed by atoms with Crippen molar-refractivity contribution < 1.29 is 4.39 Å². The molecule has 0 aromatic heterocycles. The molecule has 0 bridgehead atoms. The van der Waals surface area contributed by atoms with E-state index in [9.17, 15) is 4.39 Å². The summed E-state index contributed by atoms with van der Waals surface area (Å²) in [5, 5.41) is 1.18. The first-order valence-electron chi connectivity index (χ1n) is 6.04. The van der Waals surface area contributed by atoms with Crippen LogP contribution in [-0.2, 0) is 0 Å². The van der Waals surface area contributed by atoms with Crippen LogP contribution in [-0.4, -0.2) is 28.9 Å². The molecule has 2 aliphatic heterocycles. The van der Waals surface area contributed by atoms with Gasteiger partial charge in [-0.2, -0.15) is 0 Å². The lowest BCUT2D eigenvalue weighted by Crippen LogP contribution is -2.29. The van der Waals surface area contributed by atoms with Gasteiger partial charge in [-0.25, -0.2) is 4.39 Å². The minimum Gasteiger partial charge on any atom is -0.343 e. The summed E-state index contributed by atoms with van der Waals surface area (Å²) < 4.78 is 12.9. The fourth-order valence-electron chi connectivity index (χ4n) is 2.39. The Morgan fingerprint density at radius 1 is 1.24 bits per heavy atom. The van der Waals surface area contributed by atoms with Crippen molar-refractivity contribution in [3.63, 3.8) is 0 Å². The lowest BCUT2D eigenvalue weighted by molar-refractivity contribution is 0.351. The van der Waals surface area contributed by atoms with Crippen molar-refractivity contribution in [2.24, 2.45) is 4.99 Å². The van der Waals surface area contributed by atoms with Crippen LogP contribution in [0.3, 0.4) is 0 Å². The van der Waals surface area contributed by atoms with Gasteiger partial charge in [0.05, 0.1) is 12.6 Å². The van der Waals surface area contributed by atoms with Gasteiger partial charge < -0.3 is 4.90 Å². The van der Waals surface area contributed by atoms with Gasteiger partial charge in [-0.1, -0.05) is 23.9 Å². The molecule has 1 fully saturated rings. The average Bonchev–Trinajstić information content (AvgIpc) is 2.60. The summed E-state index contributed by atoms with van der Waals surface area (Å²) in [4.78, 5) is 6.99. The lowest BCUT2D eigenvalue weighted by Gasteiger charge is -2.26. The van der Waals surface area contributed by atoms with Gasteiger partial charge >= 0.3 is 0 Å². The number of amidine groups is 1. The number of hydrogen-bond acceptors (Lipinski definition) is 3. The van der Waals surface area contributed by atoms with E-state index >= 15 is 0 Å². The van der Waals surface area contributed by atoms with Crippen molar-refractivity contribution in [1.29, 1.82) is 0 Å². The maximum atomic E-state index is 12.9. The second-order valence-electron chi connectivity index (χ2n) is 4.44. The van der Waals surface area contributed by atoms with Crippen LogP contribution in [0, 0.1) is 5.82 Å². The van der Waals surface area contributed by atoms with E-state index in [0.29, 0.717) is 6.04 Å². The highest BCUT2D eigenvalue weighted by Crippen LogP contribution is 2.32. The molecule has 0 saturated carbocycles. The highest BCUT2D eigenvalue weighted by Gasteiger charge is 2.29. The van der Waals surface area contributed by atoms with Gasteiger partial charge in [0.25, 0.3) is 0 Å². The van der Waals surface area contributed by atoms with Crippen LogP contribution < -0.4 is 0 Å². The first kappa shape index (κ1) is 11.1. The fraction of sp³-hybridized carbons (Fsp3) is 0.462. The van der Waals surface area contributed by atoms with E-state index in [4.69, 9.17) is 0 Å². The van der Waals surface area contributed by atoms with Crippen molar-refractivity contribution in [2.75, 3.05) is 18.8 Å². The third-order valence-corrected chi connectivity index (χ3v) is 4.42. The van der Waals surface area contributed by atoms with Gasteiger partial charge in [0.1, 0.15) is 5.82 Å². The van der Waals surface area contributed by atoms with Gasteiger partial charge in [-0.05, 0) is 30.5 Å². The van der Waals surface area contributed by atoms with Gasteiger partial charge in [0, 0.05) is 12.3 Å². The Morgan fingerprint density at radius 3 is 2.88 bits per heavy atom. The summed E-state index contributed by atoms with van der Waals surface area (Å²) in [7, 11) is 0. The van der Waals surface area contributed by atoms with Crippen LogP contribution in [0.15, 0.2) is 29.3 Å². The largest absolute Gasteiger partial charge is 0.343 e. The third-order valence-electron chi connectivity index (χ3n) is 3.30.